The Morgan fingerprint density at radius 3 is 2.38 bits per heavy atom. The van der Waals surface area contributed by atoms with E-state index in [1.54, 1.807) is 7.11 Å². The van der Waals surface area contributed by atoms with Crippen LogP contribution in [0.1, 0.15) is 51.7 Å². The van der Waals surface area contributed by atoms with Crippen molar-refractivity contribution < 1.29 is 9.47 Å². The molecule has 0 amide bonds. The Balaban J connectivity index is 2.11. The molecule has 0 radical (unpaired) electrons. The van der Waals surface area contributed by atoms with Crippen LogP contribution in [0, 0.1) is 11.8 Å². The summed E-state index contributed by atoms with van der Waals surface area (Å²) in [7, 11) is 1.69. The maximum absolute atomic E-state index is 6.40. The lowest BCUT2D eigenvalue weighted by Crippen LogP contribution is -2.34. The van der Waals surface area contributed by atoms with Crippen LogP contribution in [0.3, 0.4) is 0 Å². The minimum atomic E-state index is -0.0670. The van der Waals surface area contributed by atoms with Gasteiger partial charge in [0.25, 0.3) is 0 Å². The van der Waals surface area contributed by atoms with Crippen molar-refractivity contribution in [3.63, 3.8) is 0 Å². The number of benzene rings is 1. The standard InChI is InChI=1S/C18H29NO2/c1-12-8-13(2)10-17(9-12)21-18(14(3)19)15-6-5-7-16(11-15)20-4/h5-7,11-14,17-18H,8-10,19H2,1-4H3. The molecule has 1 aliphatic carbocycles. The van der Waals surface area contributed by atoms with E-state index in [0.29, 0.717) is 6.10 Å². The molecule has 3 heteroatoms. The van der Waals surface area contributed by atoms with Gasteiger partial charge in [0.1, 0.15) is 5.75 Å². The van der Waals surface area contributed by atoms with Crippen LogP contribution in [0.2, 0.25) is 0 Å². The van der Waals surface area contributed by atoms with E-state index >= 15 is 0 Å². The Hall–Kier alpha value is -1.06. The molecule has 3 nitrogen and oxygen atoms in total. The smallest absolute Gasteiger partial charge is 0.119 e. The summed E-state index contributed by atoms with van der Waals surface area (Å²) in [5.41, 5.74) is 7.29. The van der Waals surface area contributed by atoms with Crippen LogP contribution in [0.5, 0.6) is 5.75 Å². The number of nitrogens with two attached hydrogens (primary N) is 1. The SMILES string of the molecule is COc1cccc(C(OC2CC(C)CC(C)C2)C(C)N)c1. The van der Waals surface area contributed by atoms with Crippen LogP contribution < -0.4 is 10.5 Å². The second kappa shape index (κ2) is 7.28. The van der Waals surface area contributed by atoms with Crippen molar-refractivity contribution in [3.8, 4) is 5.75 Å². The first-order valence-corrected chi connectivity index (χ1v) is 8.04. The highest BCUT2D eigenvalue weighted by Gasteiger charge is 2.28. The molecule has 1 aliphatic rings. The largest absolute Gasteiger partial charge is 0.497 e. The summed E-state index contributed by atoms with van der Waals surface area (Å²) in [4.78, 5) is 0. The lowest BCUT2D eigenvalue weighted by atomic mass is 9.81. The summed E-state index contributed by atoms with van der Waals surface area (Å²) >= 11 is 0. The molecule has 0 aliphatic heterocycles. The Bertz CT molecular complexity index is 437. The minimum Gasteiger partial charge on any atom is -0.497 e. The fourth-order valence-corrected chi connectivity index (χ4v) is 3.52. The van der Waals surface area contributed by atoms with E-state index < -0.39 is 0 Å². The van der Waals surface area contributed by atoms with Crippen molar-refractivity contribution >= 4 is 0 Å². The molecule has 0 heterocycles. The van der Waals surface area contributed by atoms with Crippen molar-refractivity contribution in [1.29, 1.82) is 0 Å². The van der Waals surface area contributed by atoms with Crippen molar-refractivity contribution in [2.24, 2.45) is 17.6 Å². The van der Waals surface area contributed by atoms with Gasteiger partial charge in [-0.1, -0.05) is 26.0 Å². The maximum atomic E-state index is 6.40. The highest BCUT2D eigenvalue weighted by Crippen LogP contribution is 2.34. The Kier molecular flexibility index (Phi) is 5.65. The van der Waals surface area contributed by atoms with E-state index in [1.807, 2.05) is 25.1 Å². The van der Waals surface area contributed by atoms with Gasteiger partial charge in [0.05, 0.1) is 19.3 Å². The molecule has 4 unspecified atom stereocenters. The van der Waals surface area contributed by atoms with Crippen molar-refractivity contribution in [3.05, 3.63) is 29.8 Å². The topological polar surface area (TPSA) is 44.5 Å². The third kappa shape index (κ3) is 4.45. The molecule has 0 spiro atoms. The lowest BCUT2D eigenvalue weighted by molar-refractivity contribution is -0.0585. The van der Waals surface area contributed by atoms with Gasteiger partial charge in [0.2, 0.25) is 0 Å². The second-order valence-electron chi connectivity index (χ2n) is 6.73. The lowest BCUT2D eigenvalue weighted by Gasteiger charge is -2.35. The minimum absolute atomic E-state index is 0.0374. The first-order valence-electron chi connectivity index (χ1n) is 8.04. The molecule has 0 bridgehead atoms. The summed E-state index contributed by atoms with van der Waals surface area (Å²) in [5, 5.41) is 0. The van der Waals surface area contributed by atoms with Gasteiger partial charge < -0.3 is 15.2 Å². The highest BCUT2D eigenvalue weighted by molar-refractivity contribution is 5.30. The third-order valence-electron chi connectivity index (χ3n) is 4.37. The van der Waals surface area contributed by atoms with Crippen LogP contribution in [0.4, 0.5) is 0 Å². The molecule has 1 aromatic rings. The average Bonchev–Trinajstić information content (AvgIpc) is 2.43. The Labute approximate surface area is 128 Å². The van der Waals surface area contributed by atoms with E-state index in [0.717, 1.165) is 36.0 Å². The second-order valence-corrected chi connectivity index (χ2v) is 6.73. The van der Waals surface area contributed by atoms with E-state index in [1.165, 1.54) is 6.42 Å². The summed E-state index contributed by atoms with van der Waals surface area (Å²) in [6.45, 7) is 6.65. The summed E-state index contributed by atoms with van der Waals surface area (Å²) in [6, 6.07) is 8.02. The molecule has 2 N–H and O–H groups in total. The van der Waals surface area contributed by atoms with Gasteiger partial charge in [0, 0.05) is 6.04 Å². The van der Waals surface area contributed by atoms with Crippen LogP contribution in [-0.4, -0.2) is 19.3 Å². The van der Waals surface area contributed by atoms with E-state index in [4.69, 9.17) is 15.2 Å². The fourth-order valence-electron chi connectivity index (χ4n) is 3.52. The monoisotopic (exact) mass is 291 g/mol. The zero-order chi connectivity index (χ0) is 15.4. The normalized spacial score (nSPS) is 28.9. The van der Waals surface area contributed by atoms with Gasteiger partial charge >= 0.3 is 0 Å². The first kappa shape index (κ1) is 16.3. The van der Waals surface area contributed by atoms with Gasteiger partial charge in [-0.3, -0.25) is 0 Å². The van der Waals surface area contributed by atoms with Crippen molar-refractivity contribution in [2.45, 2.75) is 58.3 Å². The van der Waals surface area contributed by atoms with E-state index in [2.05, 4.69) is 19.9 Å². The molecule has 2 rings (SSSR count). The fraction of sp³-hybridized carbons (Fsp3) is 0.667. The van der Waals surface area contributed by atoms with Gasteiger partial charge in [-0.25, -0.2) is 0 Å². The molecule has 1 aromatic carbocycles. The summed E-state index contributed by atoms with van der Waals surface area (Å²) in [6.07, 6.45) is 3.82. The number of rotatable bonds is 5. The molecule has 0 aromatic heterocycles. The third-order valence-corrected chi connectivity index (χ3v) is 4.37. The zero-order valence-electron chi connectivity index (χ0n) is 13.7. The quantitative estimate of drug-likeness (QED) is 0.894. The molecule has 118 valence electrons. The predicted octanol–water partition coefficient (Wildman–Crippen LogP) is 3.92. The number of ether oxygens (including phenoxy) is 2. The number of methoxy groups -OCH3 is 1. The predicted molar refractivity (Wildman–Crippen MR) is 86.4 cm³/mol. The van der Waals surface area contributed by atoms with E-state index in [-0.39, 0.29) is 12.1 Å². The van der Waals surface area contributed by atoms with Gasteiger partial charge in [-0.05, 0) is 55.7 Å². The maximum Gasteiger partial charge on any atom is 0.119 e. The average molecular weight is 291 g/mol. The summed E-state index contributed by atoms with van der Waals surface area (Å²) < 4.78 is 11.7. The molecule has 4 atom stereocenters. The molecule has 0 saturated heterocycles. The van der Waals surface area contributed by atoms with Gasteiger partial charge in [0.15, 0.2) is 0 Å². The van der Waals surface area contributed by atoms with Gasteiger partial charge in [-0.2, -0.15) is 0 Å². The first-order chi connectivity index (χ1) is 9.99. The molecular weight excluding hydrogens is 262 g/mol. The zero-order valence-corrected chi connectivity index (χ0v) is 13.7. The molecule has 21 heavy (non-hydrogen) atoms. The highest BCUT2D eigenvalue weighted by atomic mass is 16.5. The van der Waals surface area contributed by atoms with Crippen LogP contribution in [0.15, 0.2) is 24.3 Å². The Morgan fingerprint density at radius 1 is 1.14 bits per heavy atom. The van der Waals surface area contributed by atoms with Gasteiger partial charge in [-0.15, -0.1) is 0 Å². The molecular formula is C18H29NO2. The molecule has 1 fully saturated rings. The van der Waals surface area contributed by atoms with Crippen LogP contribution in [-0.2, 0) is 4.74 Å². The Morgan fingerprint density at radius 2 is 1.81 bits per heavy atom. The van der Waals surface area contributed by atoms with Crippen LogP contribution >= 0.6 is 0 Å². The van der Waals surface area contributed by atoms with Crippen molar-refractivity contribution in [1.82, 2.24) is 0 Å². The summed E-state index contributed by atoms with van der Waals surface area (Å²) in [5.74, 6) is 2.32. The van der Waals surface area contributed by atoms with Crippen molar-refractivity contribution in [2.75, 3.05) is 7.11 Å². The molecule has 1 saturated carbocycles. The number of hydrogen-bond donors (Lipinski definition) is 1. The number of hydrogen-bond acceptors (Lipinski definition) is 3. The van der Waals surface area contributed by atoms with E-state index in [9.17, 15) is 0 Å². The van der Waals surface area contributed by atoms with Crippen LogP contribution in [0.25, 0.3) is 0 Å².